The summed E-state index contributed by atoms with van der Waals surface area (Å²) in [6.45, 7) is 4.11. The molecular weight excluding hydrogens is 442 g/mol. The number of rotatable bonds is 7. The minimum absolute atomic E-state index is 0.0540. The monoisotopic (exact) mass is 471 g/mol. The molecule has 0 aliphatic carbocycles. The molecule has 1 saturated heterocycles. The van der Waals surface area contributed by atoms with E-state index in [1.807, 2.05) is 43.3 Å². The van der Waals surface area contributed by atoms with E-state index < -0.39 is 17.7 Å². The van der Waals surface area contributed by atoms with E-state index in [-0.39, 0.29) is 11.3 Å². The first-order chi connectivity index (χ1) is 16.9. The number of aliphatic hydroxyl groups excluding tert-OH is 1. The number of amides is 1. The second-order valence-corrected chi connectivity index (χ2v) is 8.35. The van der Waals surface area contributed by atoms with E-state index in [2.05, 4.69) is 6.92 Å². The Labute approximate surface area is 205 Å². The molecule has 1 heterocycles. The number of hydrogen-bond acceptors (Lipinski definition) is 5. The summed E-state index contributed by atoms with van der Waals surface area (Å²) in [6, 6.07) is 19.4. The molecule has 6 nitrogen and oxygen atoms in total. The molecule has 1 aliphatic heterocycles. The highest BCUT2D eigenvalue weighted by Crippen LogP contribution is 2.44. The quantitative estimate of drug-likeness (QED) is 0.282. The Bertz CT molecular complexity index is 1280. The number of carbonyl (C=O) groups is 2. The Kier molecular flexibility index (Phi) is 6.92. The highest BCUT2D eigenvalue weighted by atomic mass is 16.5. The summed E-state index contributed by atoms with van der Waals surface area (Å²) >= 11 is 0. The van der Waals surface area contributed by atoms with Crippen molar-refractivity contribution in [1.82, 2.24) is 0 Å². The third-order valence-electron chi connectivity index (χ3n) is 6.43. The Balaban J connectivity index is 1.91. The third-order valence-corrected chi connectivity index (χ3v) is 6.43. The van der Waals surface area contributed by atoms with Crippen molar-refractivity contribution in [2.75, 3.05) is 19.1 Å². The summed E-state index contributed by atoms with van der Waals surface area (Å²) in [5.74, 6) is -0.705. The first-order valence-electron chi connectivity index (χ1n) is 11.6. The van der Waals surface area contributed by atoms with Gasteiger partial charge in [-0.1, -0.05) is 62.4 Å². The summed E-state index contributed by atoms with van der Waals surface area (Å²) in [7, 11) is 3.04. The first kappa shape index (κ1) is 24.1. The summed E-state index contributed by atoms with van der Waals surface area (Å²) in [5, 5.41) is 11.3. The Hall–Kier alpha value is -4.06. The normalized spacial score (nSPS) is 17.0. The van der Waals surface area contributed by atoms with Crippen LogP contribution in [0.4, 0.5) is 5.69 Å². The molecular formula is C29H29NO5. The minimum Gasteiger partial charge on any atom is -0.507 e. The molecule has 1 N–H and O–H groups in total. The zero-order valence-corrected chi connectivity index (χ0v) is 20.4. The van der Waals surface area contributed by atoms with Crippen molar-refractivity contribution in [2.45, 2.75) is 32.7 Å². The van der Waals surface area contributed by atoms with Gasteiger partial charge in [-0.15, -0.1) is 0 Å². The van der Waals surface area contributed by atoms with E-state index in [0.717, 1.165) is 29.5 Å². The number of benzene rings is 3. The molecule has 0 spiro atoms. The van der Waals surface area contributed by atoms with Gasteiger partial charge >= 0.3 is 0 Å². The lowest BCUT2D eigenvalue weighted by atomic mass is 9.94. The molecule has 6 heteroatoms. The lowest BCUT2D eigenvalue weighted by Crippen LogP contribution is -2.29. The van der Waals surface area contributed by atoms with Crippen LogP contribution in [0.25, 0.3) is 5.76 Å². The van der Waals surface area contributed by atoms with Crippen LogP contribution in [-0.4, -0.2) is 31.0 Å². The van der Waals surface area contributed by atoms with E-state index in [1.54, 1.807) is 30.3 Å². The molecule has 0 aromatic heterocycles. The fraction of sp³-hybridized carbons (Fsp3) is 0.241. The fourth-order valence-electron chi connectivity index (χ4n) is 4.38. The van der Waals surface area contributed by atoms with Crippen LogP contribution in [0.1, 0.15) is 42.1 Å². The number of Topliss-reactive ketones (excluding diaryl/α,β-unsaturated/α-hetero) is 1. The van der Waals surface area contributed by atoms with Gasteiger partial charge in [0, 0.05) is 17.3 Å². The molecule has 180 valence electrons. The van der Waals surface area contributed by atoms with Gasteiger partial charge in [0.15, 0.2) is 11.5 Å². The maximum absolute atomic E-state index is 13.4. The Morgan fingerprint density at radius 3 is 1.94 bits per heavy atom. The van der Waals surface area contributed by atoms with Crippen LogP contribution >= 0.6 is 0 Å². The number of aliphatic hydroxyl groups is 1. The van der Waals surface area contributed by atoms with Gasteiger partial charge in [-0.2, -0.15) is 0 Å². The van der Waals surface area contributed by atoms with E-state index in [1.165, 1.54) is 19.1 Å². The van der Waals surface area contributed by atoms with Crippen molar-refractivity contribution >= 4 is 23.1 Å². The zero-order valence-electron chi connectivity index (χ0n) is 20.4. The average Bonchev–Trinajstić information content (AvgIpc) is 3.17. The van der Waals surface area contributed by atoms with Crippen molar-refractivity contribution in [2.24, 2.45) is 0 Å². The third kappa shape index (κ3) is 4.39. The van der Waals surface area contributed by atoms with Crippen LogP contribution in [-0.2, 0) is 22.4 Å². The van der Waals surface area contributed by atoms with Gasteiger partial charge in [-0.25, -0.2) is 0 Å². The van der Waals surface area contributed by atoms with E-state index in [4.69, 9.17) is 9.47 Å². The highest BCUT2D eigenvalue weighted by molar-refractivity contribution is 6.51. The number of ether oxygens (including phenoxy) is 2. The maximum atomic E-state index is 13.4. The van der Waals surface area contributed by atoms with Gasteiger partial charge in [0.25, 0.3) is 11.7 Å². The molecule has 3 aromatic carbocycles. The minimum atomic E-state index is -0.801. The van der Waals surface area contributed by atoms with Crippen LogP contribution < -0.4 is 14.4 Å². The van der Waals surface area contributed by atoms with Gasteiger partial charge in [0.1, 0.15) is 5.76 Å². The number of ketones is 1. The van der Waals surface area contributed by atoms with E-state index in [9.17, 15) is 14.7 Å². The van der Waals surface area contributed by atoms with Crippen molar-refractivity contribution in [3.8, 4) is 11.5 Å². The van der Waals surface area contributed by atoms with Gasteiger partial charge in [0.2, 0.25) is 0 Å². The van der Waals surface area contributed by atoms with Crippen molar-refractivity contribution in [3.05, 3.63) is 94.6 Å². The number of aryl methyl sites for hydroxylation is 2. The van der Waals surface area contributed by atoms with E-state index in [0.29, 0.717) is 22.7 Å². The van der Waals surface area contributed by atoms with Crippen LogP contribution in [0.3, 0.4) is 0 Å². The number of carbonyl (C=O) groups excluding carboxylic acids is 2. The Morgan fingerprint density at radius 2 is 1.40 bits per heavy atom. The largest absolute Gasteiger partial charge is 0.507 e. The summed E-state index contributed by atoms with van der Waals surface area (Å²) < 4.78 is 10.8. The number of anilines is 1. The van der Waals surface area contributed by atoms with Crippen LogP contribution in [0.5, 0.6) is 11.5 Å². The number of nitrogens with zero attached hydrogens (tertiary/aromatic N) is 1. The molecule has 4 rings (SSSR count). The SMILES string of the molecule is CCc1ccc(/C(O)=C2\C(=O)C(=O)N(c3ccc(OC)c(OC)c3)C2c2ccc(CC)cc2)cc1. The van der Waals surface area contributed by atoms with Crippen molar-refractivity contribution in [1.29, 1.82) is 0 Å². The summed E-state index contributed by atoms with van der Waals surface area (Å²) in [5.41, 5.74) is 3.98. The summed E-state index contributed by atoms with van der Waals surface area (Å²) in [4.78, 5) is 28.1. The molecule has 1 unspecified atom stereocenters. The smallest absolute Gasteiger partial charge is 0.300 e. The standard InChI is InChI=1S/C29H29NO5/c1-5-18-7-11-20(12-8-18)26-25(27(31)21-13-9-19(6-2)10-14-21)28(32)29(33)30(26)22-15-16-23(34-3)24(17-22)35-4/h7-17,26,31H,5-6H2,1-4H3/b27-25+. The predicted molar refractivity (Wildman–Crippen MR) is 136 cm³/mol. The van der Waals surface area contributed by atoms with Gasteiger partial charge in [0.05, 0.1) is 25.8 Å². The molecule has 35 heavy (non-hydrogen) atoms. The van der Waals surface area contributed by atoms with Crippen molar-refractivity contribution < 1.29 is 24.2 Å². The van der Waals surface area contributed by atoms with Crippen LogP contribution in [0, 0.1) is 0 Å². The number of hydrogen-bond donors (Lipinski definition) is 1. The van der Waals surface area contributed by atoms with Gasteiger partial charge in [-0.3, -0.25) is 14.5 Å². The molecule has 1 amide bonds. The fourth-order valence-corrected chi connectivity index (χ4v) is 4.38. The second kappa shape index (κ2) is 10.1. The molecule has 0 saturated carbocycles. The van der Waals surface area contributed by atoms with Gasteiger partial charge < -0.3 is 14.6 Å². The number of methoxy groups -OCH3 is 2. The highest BCUT2D eigenvalue weighted by Gasteiger charge is 2.47. The lowest BCUT2D eigenvalue weighted by Gasteiger charge is -2.26. The van der Waals surface area contributed by atoms with Crippen molar-refractivity contribution in [3.63, 3.8) is 0 Å². The lowest BCUT2D eigenvalue weighted by molar-refractivity contribution is -0.132. The first-order valence-corrected chi connectivity index (χ1v) is 11.6. The van der Waals surface area contributed by atoms with E-state index >= 15 is 0 Å². The molecule has 1 fully saturated rings. The predicted octanol–water partition coefficient (Wildman–Crippen LogP) is 5.45. The van der Waals surface area contributed by atoms with Crippen LogP contribution in [0.15, 0.2) is 72.3 Å². The molecule has 1 atom stereocenters. The van der Waals surface area contributed by atoms with Crippen LogP contribution in [0.2, 0.25) is 0 Å². The summed E-state index contributed by atoms with van der Waals surface area (Å²) in [6.07, 6.45) is 1.72. The molecule has 1 aliphatic rings. The zero-order chi connectivity index (χ0) is 25.1. The topological polar surface area (TPSA) is 76.1 Å². The molecule has 3 aromatic rings. The van der Waals surface area contributed by atoms with Gasteiger partial charge in [-0.05, 0) is 41.7 Å². The Morgan fingerprint density at radius 1 is 0.829 bits per heavy atom. The molecule has 0 bridgehead atoms. The maximum Gasteiger partial charge on any atom is 0.300 e. The molecule has 0 radical (unpaired) electrons. The second-order valence-electron chi connectivity index (χ2n) is 8.35. The average molecular weight is 472 g/mol.